The third kappa shape index (κ3) is 14.6. The second kappa shape index (κ2) is 25.1. The van der Waals surface area contributed by atoms with E-state index in [-0.39, 0.29) is 37.1 Å². The molecule has 0 saturated carbocycles. The summed E-state index contributed by atoms with van der Waals surface area (Å²) in [6.45, 7) is 9.08. The van der Waals surface area contributed by atoms with Crippen LogP contribution >= 0.6 is 17.2 Å². The quantitative estimate of drug-likeness (QED) is 0.102. The Labute approximate surface area is 297 Å². The van der Waals surface area contributed by atoms with Crippen molar-refractivity contribution in [2.24, 2.45) is 0 Å². The maximum Gasteiger partial charge on any atom is 0 e. The summed E-state index contributed by atoms with van der Waals surface area (Å²) in [6.07, 6.45) is 15.1. The number of aryl methyl sites for hydroxylation is 4. The fourth-order valence-electron chi connectivity index (χ4n) is 5.20. The van der Waals surface area contributed by atoms with E-state index in [2.05, 4.69) is 125 Å². The molecule has 4 aromatic carbocycles. The molecular weight excluding hydrogens is 644 g/mol. The molecule has 4 rings (SSSR count). The molecule has 0 fully saturated rings. The van der Waals surface area contributed by atoms with Gasteiger partial charge in [-0.05, 0) is 94.8 Å². The molecule has 0 spiro atoms. The molecule has 0 aliphatic heterocycles. The minimum atomic E-state index is 0. The number of hydrogen-bond donors (Lipinski definition) is 0. The first-order chi connectivity index (χ1) is 20.7. The SMILES string of the molecule is CCCCc1ccccc1Pc1ccccc1CCCC.CCCCc1ccccc1Pc1ccccc1CCCC.[V].[V]. The summed E-state index contributed by atoms with van der Waals surface area (Å²) in [4.78, 5) is 0. The van der Waals surface area contributed by atoms with Gasteiger partial charge < -0.3 is 0 Å². The van der Waals surface area contributed by atoms with Gasteiger partial charge in [-0.3, -0.25) is 0 Å². The van der Waals surface area contributed by atoms with Gasteiger partial charge in [-0.25, -0.2) is 0 Å². The van der Waals surface area contributed by atoms with Crippen molar-refractivity contribution in [2.75, 3.05) is 0 Å². The van der Waals surface area contributed by atoms with E-state index in [4.69, 9.17) is 0 Å². The zero-order valence-corrected chi connectivity index (χ0v) is 32.4. The summed E-state index contributed by atoms with van der Waals surface area (Å²) in [5.74, 6) is 0. The smallest absolute Gasteiger partial charge is 0 e. The summed E-state index contributed by atoms with van der Waals surface area (Å²) >= 11 is 0. The van der Waals surface area contributed by atoms with Crippen LogP contribution in [0.5, 0.6) is 0 Å². The topological polar surface area (TPSA) is 0 Å². The van der Waals surface area contributed by atoms with Crippen molar-refractivity contribution in [1.29, 1.82) is 0 Å². The normalized spacial score (nSPS) is 10.3. The van der Waals surface area contributed by atoms with Gasteiger partial charge in [0.15, 0.2) is 0 Å². The van der Waals surface area contributed by atoms with Crippen molar-refractivity contribution >= 4 is 38.4 Å². The van der Waals surface area contributed by atoms with Gasteiger partial charge in [0.25, 0.3) is 0 Å². The Morgan fingerprint density at radius 2 is 0.545 bits per heavy atom. The van der Waals surface area contributed by atoms with E-state index in [1.807, 2.05) is 0 Å². The van der Waals surface area contributed by atoms with Crippen molar-refractivity contribution in [2.45, 2.75) is 105 Å². The largest absolute Gasteiger partial charge is 0.0654 e. The van der Waals surface area contributed by atoms with Gasteiger partial charge in [0.2, 0.25) is 0 Å². The van der Waals surface area contributed by atoms with Crippen molar-refractivity contribution < 1.29 is 37.1 Å². The van der Waals surface area contributed by atoms with Crippen molar-refractivity contribution in [1.82, 2.24) is 0 Å². The van der Waals surface area contributed by atoms with Crippen molar-refractivity contribution in [3.8, 4) is 0 Å². The van der Waals surface area contributed by atoms with Crippen molar-refractivity contribution in [3.63, 3.8) is 0 Å². The van der Waals surface area contributed by atoms with Gasteiger partial charge >= 0.3 is 0 Å². The molecule has 0 saturated heterocycles. The Morgan fingerprint density at radius 1 is 0.341 bits per heavy atom. The second-order valence-corrected chi connectivity index (χ2v) is 13.9. The van der Waals surface area contributed by atoms with E-state index in [0.29, 0.717) is 0 Å². The van der Waals surface area contributed by atoms with Crippen LogP contribution in [-0.2, 0) is 62.8 Å². The van der Waals surface area contributed by atoms with Gasteiger partial charge in [-0.2, -0.15) is 0 Å². The number of benzene rings is 4. The maximum absolute atomic E-state index is 2.32. The molecule has 0 aliphatic carbocycles. The molecule has 0 aromatic heterocycles. The molecule has 2 radical (unpaired) electrons. The van der Waals surface area contributed by atoms with E-state index in [0.717, 1.165) is 17.2 Å². The predicted octanol–water partition coefficient (Wildman–Crippen LogP) is 10.00. The van der Waals surface area contributed by atoms with E-state index in [9.17, 15) is 0 Å². The van der Waals surface area contributed by atoms with E-state index < -0.39 is 0 Å². The second-order valence-electron chi connectivity index (χ2n) is 11.3. The number of hydrogen-bond acceptors (Lipinski definition) is 0. The minimum absolute atomic E-state index is 0. The number of rotatable bonds is 16. The zero-order chi connectivity index (χ0) is 29.8. The van der Waals surface area contributed by atoms with Crippen LogP contribution in [-0.4, -0.2) is 0 Å². The van der Waals surface area contributed by atoms with Crippen LogP contribution in [0.15, 0.2) is 97.1 Å². The first-order valence-electron chi connectivity index (χ1n) is 16.6. The average molecular weight is 699 g/mol. The molecular formula is C40H54P2V2. The molecule has 0 unspecified atom stereocenters. The molecule has 234 valence electrons. The standard InChI is InChI=1S/2C20H27P.2V/c2*1-3-5-11-17-13-7-9-15-19(17)21-20-16-10-8-14-18(20)12-6-4-2;;/h2*7-10,13-16,21H,3-6,11-12H2,1-2H3;;. The molecule has 4 heteroatoms. The summed E-state index contributed by atoms with van der Waals surface area (Å²) in [5, 5.41) is 6.15. The fourth-order valence-corrected chi connectivity index (χ4v) is 7.97. The molecule has 0 aliphatic rings. The third-order valence-corrected chi connectivity index (χ3v) is 10.8. The molecule has 0 nitrogen and oxygen atoms in total. The van der Waals surface area contributed by atoms with Gasteiger partial charge in [0.05, 0.1) is 0 Å². The fraction of sp³-hybridized carbons (Fsp3) is 0.400. The summed E-state index contributed by atoms with van der Waals surface area (Å²) in [7, 11) is 1.59. The average Bonchev–Trinajstić information content (AvgIpc) is 3.03. The van der Waals surface area contributed by atoms with Crippen molar-refractivity contribution in [3.05, 3.63) is 119 Å². The van der Waals surface area contributed by atoms with Gasteiger partial charge in [0, 0.05) is 37.1 Å². The monoisotopic (exact) mass is 698 g/mol. The van der Waals surface area contributed by atoms with Crippen LogP contribution in [0.2, 0.25) is 0 Å². The van der Waals surface area contributed by atoms with E-state index in [1.54, 1.807) is 22.3 Å². The molecule has 0 N–H and O–H groups in total. The van der Waals surface area contributed by atoms with Gasteiger partial charge in [0.1, 0.15) is 0 Å². The maximum atomic E-state index is 2.32. The van der Waals surface area contributed by atoms with Crippen LogP contribution in [0.4, 0.5) is 0 Å². The van der Waals surface area contributed by atoms with Crippen LogP contribution in [0.25, 0.3) is 0 Å². The Balaban J connectivity index is 0.000000421. The predicted molar refractivity (Wildman–Crippen MR) is 195 cm³/mol. The molecule has 0 amide bonds. The minimum Gasteiger partial charge on any atom is -0.0654 e. The summed E-state index contributed by atoms with van der Waals surface area (Å²) in [6, 6.07) is 36.0. The first kappa shape index (κ1) is 40.9. The molecule has 44 heavy (non-hydrogen) atoms. The molecule has 0 atom stereocenters. The van der Waals surface area contributed by atoms with E-state index in [1.165, 1.54) is 98.3 Å². The van der Waals surface area contributed by atoms with Crippen LogP contribution in [0, 0.1) is 0 Å². The van der Waals surface area contributed by atoms with Crippen LogP contribution in [0.3, 0.4) is 0 Å². The van der Waals surface area contributed by atoms with Crippen LogP contribution in [0.1, 0.15) is 101 Å². The van der Waals surface area contributed by atoms with Crippen LogP contribution < -0.4 is 21.2 Å². The third-order valence-electron chi connectivity index (χ3n) is 7.81. The Kier molecular flexibility index (Phi) is 23.3. The van der Waals surface area contributed by atoms with E-state index >= 15 is 0 Å². The Bertz CT molecular complexity index is 1100. The van der Waals surface area contributed by atoms with Gasteiger partial charge in [-0.1, -0.05) is 168 Å². The summed E-state index contributed by atoms with van der Waals surface area (Å²) < 4.78 is 0. The van der Waals surface area contributed by atoms with Gasteiger partial charge in [-0.15, -0.1) is 0 Å². The molecule has 4 aromatic rings. The Morgan fingerprint density at radius 3 is 0.750 bits per heavy atom. The Hall–Kier alpha value is -1.09. The first-order valence-corrected chi connectivity index (χ1v) is 18.6. The molecule has 0 bridgehead atoms. The summed E-state index contributed by atoms with van der Waals surface area (Å²) in [5.41, 5.74) is 6.18. The molecule has 0 heterocycles. The number of unbranched alkanes of at least 4 members (excludes halogenated alkanes) is 4. The zero-order valence-electron chi connectivity index (χ0n) is 27.6.